The van der Waals surface area contributed by atoms with Crippen LogP contribution in [-0.4, -0.2) is 10.2 Å². The Hall–Kier alpha value is -1.35. The maximum Gasteiger partial charge on any atom is 0.273 e. The Labute approximate surface area is 74.4 Å². The summed E-state index contributed by atoms with van der Waals surface area (Å²) < 4.78 is 7.42. The number of fused-ring (bicyclic) bond motifs is 1. The highest BCUT2D eigenvalue weighted by molar-refractivity contribution is 6.35. The Morgan fingerprint density at radius 3 is 3.17 bits per heavy atom. The molecule has 0 radical (unpaired) electrons. The summed E-state index contributed by atoms with van der Waals surface area (Å²) in [5, 5.41) is 6.86. The molecule has 0 aliphatic carbocycles. The van der Waals surface area contributed by atoms with E-state index in [2.05, 4.69) is 10.2 Å². The molecule has 0 fully saturated rings. The second kappa shape index (κ2) is 2.60. The van der Waals surface area contributed by atoms with Crippen molar-refractivity contribution in [2.75, 3.05) is 0 Å². The Morgan fingerprint density at radius 1 is 1.58 bits per heavy atom. The third-order valence-corrected chi connectivity index (χ3v) is 1.89. The van der Waals surface area contributed by atoms with Crippen molar-refractivity contribution in [2.24, 2.45) is 0 Å². The van der Waals surface area contributed by atoms with Crippen molar-refractivity contribution in [1.29, 1.82) is 0 Å². The van der Waals surface area contributed by atoms with E-state index in [4.69, 9.17) is 13.0 Å². The molecule has 0 amide bonds. The zero-order valence-electron chi connectivity index (χ0n) is 6.97. The van der Waals surface area contributed by atoms with Crippen molar-refractivity contribution in [3.05, 3.63) is 39.7 Å². The first-order valence-electron chi connectivity index (χ1n) is 3.83. The van der Waals surface area contributed by atoms with Gasteiger partial charge in [-0.1, -0.05) is 23.7 Å². The van der Waals surface area contributed by atoms with Gasteiger partial charge >= 0.3 is 0 Å². The third-order valence-electron chi connectivity index (χ3n) is 1.57. The van der Waals surface area contributed by atoms with Crippen LogP contribution in [0.4, 0.5) is 0 Å². The van der Waals surface area contributed by atoms with E-state index in [0.29, 0.717) is 15.8 Å². The summed E-state index contributed by atoms with van der Waals surface area (Å²) in [6.45, 7) is 0. The van der Waals surface area contributed by atoms with Crippen molar-refractivity contribution in [1.82, 2.24) is 10.2 Å². The summed E-state index contributed by atoms with van der Waals surface area (Å²) in [4.78, 5) is 11.3. The van der Waals surface area contributed by atoms with Gasteiger partial charge in [-0.15, -0.1) is 0 Å². The average Bonchev–Trinajstić information content (AvgIpc) is 2.12. The Balaban J connectivity index is 3.09. The minimum Gasteiger partial charge on any atom is -0.267 e. The molecule has 2 aromatic rings. The molecule has 0 saturated carbocycles. The maximum atomic E-state index is 11.3. The van der Waals surface area contributed by atoms with E-state index in [1.807, 2.05) is 0 Å². The fraction of sp³-hybridized carbons (Fsp3) is 0. The van der Waals surface area contributed by atoms with Crippen molar-refractivity contribution in [3.63, 3.8) is 0 Å². The summed E-state index contributed by atoms with van der Waals surface area (Å²) in [5.41, 5.74) is -0.364. The monoisotopic (exact) mass is 181 g/mol. The van der Waals surface area contributed by atoms with Crippen LogP contribution >= 0.6 is 11.6 Å². The predicted octanol–water partition coefficient (Wildman–Crippen LogP) is 1.58. The van der Waals surface area contributed by atoms with Crippen LogP contribution < -0.4 is 5.56 Å². The van der Waals surface area contributed by atoms with Gasteiger partial charge in [0.1, 0.15) is 0 Å². The molecule has 3 nitrogen and oxygen atoms in total. The van der Waals surface area contributed by atoms with Gasteiger partial charge in [-0.25, -0.2) is 5.10 Å². The van der Waals surface area contributed by atoms with Crippen LogP contribution in [0.2, 0.25) is 5.02 Å². The largest absolute Gasteiger partial charge is 0.273 e. The summed E-state index contributed by atoms with van der Waals surface area (Å²) in [7, 11) is 0. The molecule has 0 unspecified atom stereocenters. The van der Waals surface area contributed by atoms with Crippen molar-refractivity contribution < 1.29 is 1.37 Å². The minimum atomic E-state index is -0.364. The molecule has 1 N–H and O–H groups in total. The molecular formula is C8H5ClN2O. The lowest BCUT2D eigenvalue weighted by atomic mass is 10.2. The highest BCUT2D eigenvalue weighted by atomic mass is 35.5. The van der Waals surface area contributed by atoms with E-state index < -0.39 is 0 Å². The van der Waals surface area contributed by atoms with Gasteiger partial charge in [0.15, 0.2) is 0 Å². The van der Waals surface area contributed by atoms with Gasteiger partial charge < -0.3 is 0 Å². The molecular weight excluding hydrogens is 176 g/mol. The third kappa shape index (κ3) is 0.987. The molecule has 0 aliphatic rings. The molecule has 0 aliphatic heterocycles. The molecule has 1 aromatic carbocycles. The van der Waals surface area contributed by atoms with Gasteiger partial charge in [0.25, 0.3) is 5.56 Å². The molecule has 1 aromatic heterocycles. The molecule has 0 spiro atoms. The second-order valence-corrected chi connectivity index (χ2v) is 2.73. The first kappa shape index (κ1) is 6.20. The van der Waals surface area contributed by atoms with Gasteiger partial charge in [0.05, 0.1) is 18.0 Å². The molecule has 0 atom stereocenters. The highest BCUT2D eigenvalue weighted by Gasteiger charge is 2.01. The number of rotatable bonds is 0. The average molecular weight is 182 g/mol. The van der Waals surface area contributed by atoms with Crippen molar-refractivity contribution >= 4 is 22.4 Å². The number of hydrogen-bond donors (Lipinski definition) is 1. The van der Waals surface area contributed by atoms with E-state index in [1.165, 1.54) is 0 Å². The molecule has 0 saturated heterocycles. The van der Waals surface area contributed by atoms with Crippen LogP contribution in [0.25, 0.3) is 10.8 Å². The molecule has 1 heterocycles. The predicted molar refractivity (Wildman–Crippen MR) is 47.4 cm³/mol. The van der Waals surface area contributed by atoms with E-state index in [0.717, 1.165) is 0 Å². The number of nitrogens with zero attached hydrogens (tertiary/aromatic N) is 1. The summed E-state index contributed by atoms with van der Waals surface area (Å²) in [5.74, 6) is 0. The molecule has 60 valence electrons. The van der Waals surface area contributed by atoms with E-state index in [-0.39, 0.29) is 11.7 Å². The van der Waals surface area contributed by atoms with Crippen molar-refractivity contribution in [3.8, 4) is 0 Å². The number of aromatic amines is 1. The molecule has 4 heteroatoms. The number of aromatic nitrogens is 2. The topological polar surface area (TPSA) is 45.8 Å². The van der Waals surface area contributed by atoms with Crippen LogP contribution in [0.5, 0.6) is 0 Å². The smallest absolute Gasteiger partial charge is 0.267 e. The number of halogens is 1. The fourth-order valence-electron chi connectivity index (χ4n) is 1.04. The standard InChI is InChI=1S/C8H5ClN2O/c9-6-3-1-2-5-4-10-11-8(12)7(5)6/h1-4H,(H,11,12)/i4D. The van der Waals surface area contributed by atoms with E-state index >= 15 is 0 Å². The first-order valence-corrected chi connectivity index (χ1v) is 3.71. The number of H-pyrrole nitrogens is 1. The molecule has 2 rings (SSSR count). The normalized spacial score (nSPS) is 11.6. The zero-order valence-corrected chi connectivity index (χ0v) is 6.72. The first-order chi connectivity index (χ1) is 6.20. The lowest BCUT2D eigenvalue weighted by Crippen LogP contribution is -2.07. The maximum absolute atomic E-state index is 11.3. The second-order valence-electron chi connectivity index (χ2n) is 2.33. The van der Waals surface area contributed by atoms with E-state index in [1.54, 1.807) is 18.2 Å². The van der Waals surface area contributed by atoms with Gasteiger partial charge in [-0.3, -0.25) is 4.79 Å². The minimum absolute atomic E-state index is 0.0251. The number of hydrogen-bond acceptors (Lipinski definition) is 2. The van der Waals surface area contributed by atoms with Crippen molar-refractivity contribution in [2.45, 2.75) is 0 Å². The van der Waals surface area contributed by atoms with Gasteiger partial charge in [0, 0.05) is 5.39 Å². The van der Waals surface area contributed by atoms with Crippen LogP contribution in [0.3, 0.4) is 0 Å². The fourth-order valence-corrected chi connectivity index (χ4v) is 1.30. The van der Waals surface area contributed by atoms with Crippen LogP contribution in [0.1, 0.15) is 1.37 Å². The summed E-state index contributed by atoms with van der Waals surface area (Å²) >= 11 is 5.80. The summed E-state index contributed by atoms with van der Waals surface area (Å²) in [6, 6.07) is 4.94. The van der Waals surface area contributed by atoms with Crippen LogP contribution in [0.15, 0.2) is 29.2 Å². The highest BCUT2D eigenvalue weighted by Crippen LogP contribution is 2.17. The van der Waals surface area contributed by atoms with Crippen LogP contribution in [-0.2, 0) is 0 Å². The van der Waals surface area contributed by atoms with Gasteiger partial charge in [-0.05, 0) is 6.07 Å². The Kier molecular flexibility index (Phi) is 1.35. The number of benzene rings is 1. The van der Waals surface area contributed by atoms with E-state index in [9.17, 15) is 4.79 Å². The lowest BCUT2D eigenvalue weighted by molar-refractivity contribution is 1.01. The quantitative estimate of drug-likeness (QED) is 0.671. The van der Waals surface area contributed by atoms with Gasteiger partial charge in [-0.2, -0.15) is 5.10 Å². The Morgan fingerprint density at radius 2 is 2.42 bits per heavy atom. The van der Waals surface area contributed by atoms with Crippen LogP contribution in [0, 0.1) is 0 Å². The van der Waals surface area contributed by atoms with Gasteiger partial charge in [0.2, 0.25) is 0 Å². The Bertz CT molecular complexity index is 523. The lowest BCUT2D eigenvalue weighted by Gasteiger charge is -1.95. The zero-order chi connectivity index (χ0) is 9.42. The molecule has 0 bridgehead atoms. The summed E-state index contributed by atoms with van der Waals surface area (Å²) in [6.07, 6.45) is 0.0251. The number of nitrogens with one attached hydrogen (secondary N) is 1. The SMILES string of the molecule is [2H]c1n[nH]c(=O)c2c(Cl)cccc12. The molecule has 12 heavy (non-hydrogen) atoms.